The molecule has 2 rings (SSSR count). The molecule has 2 aromatic rings. The van der Waals surface area contributed by atoms with E-state index >= 15 is 0 Å². The lowest BCUT2D eigenvalue weighted by Crippen LogP contribution is -2.34. The van der Waals surface area contributed by atoms with E-state index in [0.717, 1.165) is 10.0 Å². The first-order chi connectivity index (χ1) is 11.6. The Hall–Kier alpha value is -2.34. The molecule has 0 bridgehead atoms. The lowest BCUT2D eigenvalue weighted by Gasteiger charge is -2.18. The van der Waals surface area contributed by atoms with Gasteiger partial charge in [-0.25, -0.2) is 0 Å². The zero-order valence-electron chi connectivity index (χ0n) is 13.2. The van der Waals surface area contributed by atoms with Crippen LogP contribution in [0.25, 0.3) is 0 Å². The first-order valence-electron chi connectivity index (χ1n) is 7.38. The summed E-state index contributed by atoms with van der Waals surface area (Å²) in [5.41, 5.74) is 0.832. The fourth-order valence-electron chi connectivity index (χ4n) is 2.13. The van der Waals surface area contributed by atoms with Gasteiger partial charge in [-0.3, -0.25) is 9.59 Å². The Morgan fingerprint density at radius 3 is 2.54 bits per heavy atom. The molecule has 5 nitrogen and oxygen atoms in total. The van der Waals surface area contributed by atoms with E-state index in [9.17, 15) is 9.59 Å². The van der Waals surface area contributed by atoms with E-state index in [1.54, 1.807) is 12.1 Å². The summed E-state index contributed by atoms with van der Waals surface area (Å²) in [6, 6.07) is 16.0. The summed E-state index contributed by atoms with van der Waals surface area (Å²) in [5.74, 6) is -0.117. The van der Waals surface area contributed by atoms with Crippen molar-refractivity contribution in [3.05, 3.63) is 64.6 Å². The van der Waals surface area contributed by atoms with Gasteiger partial charge in [-0.1, -0.05) is 52.3 Å². The number of hydrogen-bond acceptors (Lipinski definition) is 4. The van der Waals surface area contributed by atoms with Crippen LogP contribution in [0, 0.1) is 0 Å². The molecule has 0 saturated heterocycles. The van der Waals surface area contributed by atoms with Crippen molar-refractivity contribution in [1.29, 1.82) is 0 Å². The molecule has 24 heavy (non-hydrogen) atoms. The van der Waals surface area contributed by atoms with Gasteiger partial charge in [-0.05, 0) is 23.8 Å². The van der Waals surface area contributed by atoms with Crippen molar-refractivity contribution < 1.29 is 19.1 Å². The van der Waals surface area contributed by atoms with Crippen LogP contribution >= 0.6 is 15.9 Å². The average molecular weight is 392 g/mol. The van der Waals surface area contributed by atoms with E-state index in [4.69, 9.17) is 9.47 Å². The molecule has 1 atom stereocenters. The zero-order valence-corrected chi connectivity index (χ0v) is 14.8. The predicted molar refractivity (Wildman–Crippen MR) is 93.6 cm³/mol. The molecule has 0 heterocycles. The number of hydrogen-bond donors (Lipinski definition) is 1. The van der Waals surface area contributed by atoms with E-state index in [1.807, 2.05) is 42.5 Å². The standard InChI is InChI=1S/C18H18BrNO4/c1-23-18(22)11-16(13-6-3-2-4-7-13)20-17(21)12-24-15-9-5-8-14(19)10-15/h2-10,16H,11-12H2,1H3,(H,20,21). The molecular formula is C18H18BrNO4. The van der Waals surface area contributed by atoms with E-state index < -0.39 is 12.0 Å². The molecule has 0 fully saturated rings. The number of carbonyl (C=O) groups is 2. The number of nitrogens with one attached hydrogen (secondary N) is 1. The van der Waals surface area contributed by atoms with Gasteiger partial charge in [-0.2, -0.15) is 0 Å². The second kappa shape index (κ2) is 9.08. The monoisotopic (exact) mass is 391 g/mol. The number of rotatable bonds is 7. The number of methoxy groups -OCH3 is 1. The summed E-state index contributed by atoms with van der Waals surface area (Å²) in [6.07, 6.45) is 0.0587. The molecule has 6 heteroatoms. The first kappa shape index (κ1) is 18.0. The van der Waals surface area contributed by atoms with E-state index in [1.165, 1.54) is 7.11 Å². The third kappa shape index (κ3) is 5.70. The second-order valence-electron chi connectivity index (χ2n) is 5.06. The highest BCUT2D eigenvalue weighted by Crippen LogP contribution is 2.19. The topological polar surface area (TPSA) is 64.6 Å². The molecule has 0 aliphatic rings. The summed E-state index contributed by atoms with van der Waals surface area (Å²) >= 11 is 3.34. The van der Waals surface area contributed by atoms with Crippen molar-refractivity contribution in [3.8, 4) is 5.75 Å². The maximum atomic E-state index is 12.2. The molecule has 0 spiro atoms. The van der Waals surface area contributed by atoms with Gasteiger partial charge in [0.25, 0.3) is 5.91 Å². The summed E-state index contributed by atoms with van der Waals surface area (Å²) in [7, 11) is 1.32. The molecule has 0 radical (unpaired) electrons. The molecule has 126 valence electrons. The number of halogens is 1. The Bertz CT molecular complexity index is 690. The van der Waals surface area contributed by atoms with E-state index in [0.29, 0.717) is 5.75 Å². The lowest BCUT2D eigenvalue weighted by atomic mass is 10.0. The lowest BCUT2D eigenvalue weighted by molar-refractivity contribution is -0.141. The van der Waals surface area contributed by atoms with Crippen LogP contribution in [0.15, 0.2) is 59.1 Å². The van der Waals surface area contributed by atoms with Gasteiger partial charge in [0.15, 0.2) is 6.61 Å². The van der Waals surface area contributed by atoms with Crippen molar-refractivity contribution in [3.63, 3.8) is 0 Å². The van der Waals surface area contributed by atoms with Crippen LogP contribution < -0.4 is 10.1 Å². The van der Waals surface area contributed by atoms with Crippen molar-refractivity contribution in [2.75, 3.05) is 13.7 Å². The molecule has 0 aromatic heterocycles. The van der Waals surface area contributed by atoms with Crippen LogP contribution in [0.3, 0.4) is 0 Å². The molecule has 1 amide bonds. The number of esters is 1. The summed E-state index contributed by atoms with van der Waals surface area (Å²) in [5, 5.41) is 2.81. The maximum absolute atomic E-state index is 12.2. The Balaban J connectivity index is 1.97. The molecule has 2 aromatic carbocycles. The highest BCUT2D eigenvalue weighted by molar-refractivity contribution is 9.10. The van der Waals surface area contributed by atoms with Crippen LogP contribution in [0.2, 0.25) is 0 Å². The highest BCUT2D eigenvalue weighted by atomic mass is 79.9. The second-order valence-corrected chi connectivity index (χ2v) is 5.97. The van der Waals surface area contributed by atoms with Crippen LogP contribution in [0.5, 0.6) is 5.75 Å². The number of carbonyl (C=O) groups excluding carboxylic acids is 2. The van der Waals surface area contributed by atoms with Crippen molar-refractivity contribution in [2.45, 2.75) is 12.5 Å². The molecule has 0 aliphatic heterocycles. The van der Waals surface area contributed by atoms with Crippen LogP contribution in [0.4, 0.5) is 0 Å². The van der Waals surface area contributed by atoms with Crippen LogP contribution in [0.1, 0.15) is 18.0 Å². The van der Waals surface area contributed by atoms with Crippen LogP contribution in [-0.4, -0.2) is 25.6 Å². The SMILES string of the molecule is COC(=O)CC(NC(=O)COc1cccc(Br)c1)c1ccccc1. The molecule has 0 saturated carbocycles. The minimum absolute atomic E-state index is 0.0587. The van der Waals surface area contributed by atoms with Crippen molar-refractivity contribution in [1.82, 2.24) is 5.32 Å². The van der Waals surface area contributed by atoms with Gasteiger partial charge < -0.3 is 14.8 Å². The Kier molecular flexibility index (Phi) is 6.81. The quantitative estimate of drug-likeness (QED) is 0.735. The summed E-state index contributed by atoms with van der Waals surface area (Å²) in [4.78, 5) is 23.7. The van der Waals surface area contributed by atoms with E-state index in [-0.39, 0.29) is 18.9 Å². The van der Waals surface area contributed by atoms with Gasteiger partial charge in [0, 0.05) is 4.47 Å². The third-order valence-corrected chi connectivity index (χ3v) is 3.79. The van der Waals surface area contributed by atoms with Crippen molar-refractivity contribution in [2.24, 2.45) is 0 Å². The molecule has 0 aliphatic carbocycles. The van der Waals surface area contributed by atoms with Gasteiger partial charge >= 0.3 is 5.97 Å². The number of benzene rings is 2. The average Bonchev–Trinajstić information content (AvgIpc) is 2.60. The molecule has 1 unspecified atom stereocenters. The fraction of sp³-hybridized carbons (Fsp3) is 0.222. The van der Waals surface area contributed by atoms with Crippen molar-refractivity contribution >= 4 is 27.8 Å². The third-order valence-electron chi connectivity index (χ3n) is 3.30. The Morgan fingerprint density at radius 2 is 1.88 bits per heavy atom. The zero-order chi connectivity index (χ0) is 17.4. The minimum Gasteiger partial charge on any atom is -0.484 e. The van der Waals surface area contributed by atoms with Gasteiger partial charge in [0.2, 0.25) is 0 Å². The smallest absolute Gasteiger partial charge is 0.307 e. The van der Waals surface area contributed by atoms with Crippen LogP contribution in [-0.2, 0) is 14.3 Å². The highest BCUT2D eigenvalue weighted by Gasteiger charge is 2.19. The Morgan fingerprint density at radius 1 is 1.12 bits per heavy atom. The predicted octanol–water partition coefficient (Wildman–Crippen LogP) is 3.25. The van der Waals surface area contributed by atoms with Gasteiger partial charge in [-0.15, -0.1) is 0 Å². The maximum Gasteiger partial charge on any atom is 0.307 e. The molecule has 1 N–H and O–H groups in total. The molecular weight excluding hydrogens is 374 g/mol. The van der Waals surface area contributed by atoms with Gasteiger partial charge in [0.1, 0.15) is 5.75 Å². The largest absolute Gasteiger partial charge is 0.484 e. The van der Waals surface area contributed by atoms with E-state index in [2.05, 4.69) is 21.2 Å². The Labute approximate surface area is 149 Å². The van der Waals surface area contributed by atoms with Gasteiger partial charge in [0.05, 0.1) is 19.6 Å². The summed E-state index contributed by atoms with van der Waals surface area (Å²) in [6.45, 7) is -0.138. The first-order valence-corrected chi connectivity index (χ1v) is 8.17. The number of ether oxygens (including phenoxy) is 2. The summed E-state index contributed by atoms with van der Waals surface area (Å²) < 4.78 is 11.0. The fourth-order valence-corrected chi connectivity index (χ4v) is 2.51. The number of amides is 1. The minimum atomic E-state index is -0.461. The normalized spacial score (nSPS) is 11.4.